The highest BCUT2D eigenvalue weighted by Gasteiger charge is 2.31. The number of amides is 1. The van der Waals surface area contributed by atoms with E-state index in [4.69, 9.17) is 4.74 Å². The van der Waals surface area contributed by atoms with Crippen LogP contribution < -0.4 is 4.74 Å². The Morgan fingerprint density at radius 3 is 2.23 bits per heavy atom. The van der Waals surface area contributed by atoms with Gasteiger partial charge in [0.25, 0.3) is 5.91 Å². The van der Waals surface area contributed by atoms with E-state index in [0.29, 0.717) is 37.5 Å². The van der Waals surface area contributed by atoms with Crippen molar-refractivity contribution >= 4 is 22.6 Å². The van der Waals surface area contributed by atoms with Crippen LogP contribution in [0.1, 0.15) is 10.4 Å². The fourth-order valence-electron chi connectivity index (χ4n) is 3.77. The molecule has 1 unspecified atom stereocenters. The second-order valence-corrected chi connectivity index (χ2v) is 7.37. The molecule has 0 radical (unpaired) electrons. The van der Waals surface area contributed by atoms with Gasteiger partial charge in [0.2, 0.25) is 0 Å². The predicted octanol–water partition coefficient (Wildman–Crippen LogP) is 3.13. The van der Waals surface area contributed by atoms with Crippen LogP contribution in [-0.2, 0) is 4.79 Å². The Kier molecular flexibility index (Phi) is 5.95. The van der Waals surface area contributed by atoms with Gasteiger partial charge in [-0.1, -0.05) is 48.5 Å². The average Bonchev–Trinajstić information content (AvgIpc) is 2.79. The van der Waals surface area contributed by atoms with Crippen LogP contribution in [0, 0.1) is 0 Å². The maximum Gasteiger partial charge on any atom is 0.324 e. The summed E-state index contributed by atoms with van der Waals surface area (Å²) in [4.78, 5) is 28.4. The van der Waals surface area contributed by atoms with E-state index in [1.54, 1.807) is 17.0 Å². The molecule has 3 aromatic rings. The van der Waals surface area contributed by atoms with E-state index in [2.05, 4.69) is 0 Å². The van der Waals surface area contributed by atoms with E-state index in [1.165, 1.54) is 0 Å². The van der Waals surface area contributed by atoms with Crippen molar-refractivity contribution in [2.24, 2.45) is 0 Å². The highest BCUT2D eigenvalue weighted by atomic mass is 16.5. The number of ether oxygens (including phenoxy) is 1. The summed E-state index contributed by atoms with van der Waals surface area (Å²) in [5.41, 5.74) is 0.657. The highest BCUT2D eigenvalue weighted by molar-refractivity contribution is 5.98. The molecule has 1 saturated heterocycles. The summed E-state index contributed by atoms with van der Waals surface area (Å²) in [5, 5.41) is 11.8. The number of hydrogen-bond donors (Lipinski definition) is 1. The van der Waals surface area contributed by atoms with Crippen LogP contribution in [-0.4, -0.2) is 65.6 Å². The topological polar surface area (TPSA) is 70.1 Å². The van der Waals surface area contributed by atoms with Crippen molar-refractivity contribution in [3.8, 4) is 5.75 Å². The summed E-state index contributed by atoms with van der Waals surface area (Å²) < 4.78 is 5.66. The maximum atomic E-state index is 12.9. The van der Waals surface area contributed by atoms with Gasteiger partial charge in [0, 0.05) is 31.7 Å². The molecule has 30 heavy (non-hydrogen) atoms. The Balaban J connectivity index is 1.37. The Morgan fingerprint density at radius 1 is 0.867 bits per heavy atom. The molecule has 154 valence electrons. The van der Waals surface area contributed by atoms with E-state index < -0.39 is 12.0 Å². The normalized spacial score (nSPS) is 15.7. The SMILES string of the molecule is O=C(O)C(COc1ccccc1)N1CCN(C(=O)c2ccc3ccccc3c2)CC1. The number of benzene rings is 3. The first-order valence-corrected chi connectivity index (χ1v) is 10.0. The Morgan fingerprint density at radius 2 is 1.53 bits per heavy atom. The largest absolute Gasteiger partial charge is 0.491 e. The van der Waals surface area contributed by atoms with Gasteiger partial charge in [0.15, 0.2) is 0 Å². The van der Waals surface area contributed by atoms with Gasteiger partial charge in [-0.25, -0.2) is 0 Å². The number of para-hydroxylation sites is 1. The third kappa shape index (κ3) is 4.44. The Bertz CT molecular complexity index is 1030. The van der Waals surface area contributed by atoms with E-state index in [-0.39, 0.29) is 12.5 Å². The van der Waals surface area contributed by atoms with Gasteiger partial charge < -0.3 is 14.7 Å². The zero-order valence-electron chi connectivity index (χ0n) is 16.6. The molecule has 6 nitrogen and oxygen atoms in total. The molecule has 1 N–H and O–H groups in total. The van der Waals surface area contributed by atoms with E-state index in [0.717, 1.165) is 10.8 Å². The fraction of sp³-hybridized carbons (Fsp3) is 0.250. The molecule has 1 aliphatic heterocycles. The number of fused-ring (bicyclic) bond motifs is 1. The molecule has 1 aliphatic rings. The molecule has 0 saturated carbocycles. The van der Waals surface area contributed by atoms with Crippen molar-refractivity contribution in [1.82, 2.24) is 9.80 Å². The van der Waals surface area contributed by atoms with Crippen molar-refractivity contribution in [1.29, 1.82) is 0 Å². The van der Waals surface area contributed by atoms with Crippen molar-refractivity contribution in [2.75, 3.05) is 32.8 Å². The van der Waals surface area contributed by atoms with Gasteiger partial charge in [0.05, 0.1) is 0 Å². The molecule has 0 aromatic heterocycles. The first kappa shape index (κ1) is 19.9. The monoisotopic (exact) mass is 404 g/mol. The molecule has 1 heterocycles. The number of carboxylic acid groups (broad SMARTS) is 1. The smallest absolute Gasteiger partial charge is 0.324 e. The minimum atomic E-state index is -0.916. The number of carboxylic acids is 1. The predicted molar refractivity (Wildman–Crippen MR) is 115 cm³/mol. The first-order chi connectivity index (χ1) is 14.6. The number of piperazine rings is 1. The molecule has 1 amide bonds. The Hall–Kier alpha value is -3.38. The van der Waals surface area contributed by atoms with Crippen molar-refractivity contribution in [2.45, 2.75) is 6.04 Å². The van der Waals surface area contributed by atoms with Crippen LogP contribution in [0.25, 0.3) is 10.8 Å². The molecule has 1 fully saturated rings. The molecular formula is C24H24N2O4. The standard InChI is InChI=1S/C24H24N2O4/c27-23(20-11-10-18-6-4-5-7-19(18)16-20)26-14-12-25(13-15-26)22(24(28)29)17-30-21-8-2-1-3-9-21/h1-11,16,22H,12-15,17H2,(H,28,29). The molecule has 0 aliphatic carbocycles. The van der Waals surface area contributed by atoms with Gasteiger partial charge in [-0.05, 0) is 35.0 Å². The number of rotatable bonds is 6. The average molecular weight is 404 g/mol. The zero-order chi connectivity index (χ0) is 20.9. The van der Waals surface area contributed by atoms with E-state index in [9.17, 15) is 14.7 Å². The minimum absolute atomic E-state index is 0.0205. The lowest BCUT2D eigenvalue weighted by molar-refractivity contribution is -0.145. The summed E-state index contributed by atoms with van der Waals surface area (Å²) in [7, 11) is 0. The Labute approximate surface area is 175 Å². The van der Waals surface area contributed by atoms with E-state index in [1.807, 2.05) is 65.6 Å². The van der Waals surface area contributed by atoms with Gasteiger partial charge in [-0.2, -0.15) is 0 Å². The maximum absolute atomic E-state index is 12.9. The van der Waals surface area contributed by atoms with Crippen LogP contribution in [0.3, 0.4) is 0 Å². The van der Waals surface area contributed by atoms with Crippen molar-refractivity contribution in [3.63, 3.8) is 0 Å². The van der Waals surface area contributed by atoms with Crippen LogP contribution in [0.2, 0.25) is 0 Å². The quantitative estimate of drug-likeness (QED) is 0.684. The number of nitrogens with zero attached hydrogens (tertiary/aromatic N) is 2. The van der Waals surface area contributed by atoms with Crippen molar-refractivity contribution < 1.29 is 19.4 Å². The van der Waals surface area contributed by atoms with Crippen LogP contribution in [0.4, 0.5) is 0 Å². The van der Waals surface area contributed by atoms with Gasteiger partial charge in [0.1, 0.15) is 18.4 Å². The molecule has 3 aromatic carbocycles. The highest BCUT2D eigenvalue weighted by Crippen LogP contribution is 2.18. The summed E-state index contributed by atoms with van der Waals surface area (Å²) in [6.45, 7) is 2.03. The van der Waals surface area contributed by atoms with Crippen molar-refractivity contribution in [3.05, 3.63) is 78.4 Å². The third-order valence-electron chi connectivity index (χ3n) is 5.47. The third-order valence-corrected chi connectivity index (χ3v) is 5.47. The number of carbonyl (C=O) groups is 2. The second-order valence-electron chi connectivity index (χ2n) is 7.37. The molecule has 1 atom stereocenters. The lowest BCUT2D eigenvalue weighted by Crippen LogP contribution is -2.55. The summed E-state index contributed by atoms with van der Waals surface area (Å²) in [6.07, 6.45) is 0. The van der Waals surface area contributed by atoms with Gasteiger partial charge in [-0.15, -0.1) is 0 Å². The lowest BCUT2D eigenvalue weighted by atomic mass is 10.1. The van der Waals surface area contributed by atoms with Crippen LogP contribution in [0.5, 0.6) is 5.75 Å². The molecule has 0 spiro atoms. The number of carbonyl (C=O) groups excluding carboxylic acids is 1. The summed E-state index contributed by atoms with van der Waals surface area (Å²) in [6, 6.07) is 22.1. The minimum Gasteiger partial charge on any atom is -0.491 e. The molecule has 6 heteroatoms. The van der Waals surface area contributed by atoms with E-state index >= 15 is 0 Å². The molecule has 0 bridgehead atoms. The summed E-state index contributed by atoms with van der Waals surface area (Å²) >= 11 is 0. The summed E-state index contributed by atoms with van der Waals surface area (Å²) in [5.74, 6) is -0.290. The fourth-order valence-corrected chi connectivity index (χ4v) is 3.77. The van der Waals surface area contributed by atoms with Gasteiger partial charge >= 0.3 is 5.97 Å². The zero-order valence-corrected chi connectivity index (χ0v) is 16.6. The number of aliphatic carboxylic acids is 1. The molecule has 4 rings (SSSR count). The lowest BCUT2D eigenvalue weighted by Gasteiger charge is -2.37. The van der Waals surface area contributed by atoms with Crippen LogP contribution in [0.15, 0.2) is 72.8 Å². The first-order valence-electron chi connectivity index (χ1n) is 10.0. The second kappa shape index (κ2) is 8.97. The number of hydrogen-bond acceptors (Lipinski definition) is 4. The molecular weight excluding hydrogens is 380 g/mol. The van der Waals surface area contributed by atoms with Crippen LogP contribution >= 0.6 is 0 Å². The van der Waals surface area contributed by atoms with Gasteiger partial charge in [-0.3, -0.25) is 14.5 Å².